The molecule has 1 N–H and O–H groups in total. The van der Waals surface area contributed by atoms with Crippen molar-refractivity contribution < 1.29 is 23.2 Å². The fourth-order valence-electron chi connectivity index (χ4n) is 2.31. The minimum absolute atomic E-state index is 0.0148. The number of hydrogen-bond acceptors (Lipinski definition) is 4. The van der Waals surface area contributed by atoms with Crippen LogP contribution in [0.1, 0.15) is 54.9 Å². The molecule has 0 amide bonds. The summed E-state index contributed by atoms with van der Waals surface area (Å²) < 4.78 is 18.3. The lowest BCUT2D eigenvalue weighted by molar-refractivity contribution is -0.132. The summed E-state index contributed by atoms with van der Waals surface area (Å²) >= 11 is 0. The molecular weight excluding hydrogens is 300 g/mol. The normalized spacial score (nSPS) is 13.9. The Morgan fingerprint density at radius 3 is 1.59 bits per heavy atom. The summed E-state index contributed by atoms with van der Waals surface area (Å²) in [6, 6.07) is 0.577. The van der Waals surface area contributed by atoms with Crippen LogP contribution in [0.2, 0.25) is 6.04 Å². The fraction of sp³-hybridized carbons (Fsp3) is 0.812. The molecule has 0 aliphatic rings. The number of carbonyl (C=O) groups is 1. The van der Waals surface area contributed by atoms with Crippen molar-refractivity contribution in [3.63, 3.8) is 0 Å². The molecule has 0 fully saturated rings. The molecule has 0 aromatic heterocycles. The predicted octanol–water partition coefficient (Wildman–Crippen LogP) is 3.87. The van der Waals surface area contributed by atoms with Crippen LogP contribution >= 0.6 is 0 Å². The highest BCUT2D eigenvalue weighted by molar-refractivity contribution is 6.61. The molecule has 0 rings (SSSR count). The quantitative estimate of drug-likeness (QED) is 0.459. The second kappa shape index (κ2) is 9.45. The third kappa shape index (κ3) is 8.68. The van der Waals surface area contributed by atoms with Gasteiger partial charge in [-0.1, -0.05) is 13.5 Å². The van der Waals surface area contributed by atoms with Gasteiger partial charge in [0, 0.05) is 29.9 Å². The summed E-state index contributed by atoms with van der Waals surface area (Å²) in [5.41, 5.74) is 0.203. The Kier molecular flexibility index (Phi) is 9.15. The first-order valence-corrected chi connectivity index (χ1v) is 9.85. The van der Waals surface area contributed by atoms with Crippen molar-refractivity contribution in [2.45, 2.75) is 79.2 Å². The standard InChI is InChI=1S/C16H32O5Si/c1-11(2)19-22(20-12(3)4,21-13(5)6)10-14(7)9-15(8)16(17)18/h11-14H,8-10H2,1-7H3,(H,17,18). The van der Waals surface area contributed by atoms with E-state index in [-0.39, 0.29) is 29.8 Å². The number of aliphatic carboxylic acids is 1. The van der Waals surface area contributed by atoms with E-state index in [1.54, 1.807) is 0 Å². The van der Waals surface area contributed by atoms with Crippen LogP contribution in [0, 0.1) is 5.92 Å². The van der Waals surface area contributed by atoms with Crippen molar-refractivity contribution in [2.24, 2.45) is 5.92 Å². The highest BCUT2D eigenvalue weighted by Crippen LogP contribution is 2.28. The second-order valence-corrected chi connectivity index (χ2v) is 9.09. The van der Waals surface area contributed by atoms with E-state index in [0.717, 1.165) is 0 Å². The van der Waals surface area contributed by atoms with Crippen LogP contribution < -0.4 is 0 Å². The number of carboxylic acid groups (broad SMARTS) is 1. The lowest BCUT2D eigenvalue weighted by atomic mass is 10.0. The van der Waals surface area contributed by atoms with Gasteiger partial charge in [-0.05, 0) is 53.9 Å². The molecule has 22 heavy (non-hydrogen) atoms. The van der Waals surface area contributed by atoms with Crippen LogP contribution in [0.15, 0.2) is 12.2 Å². The maximum absolute atomic E-state index is 11.0. The van der Waals surface area contributed by atoms with E-state index in [0.29, 0.717) is 12.5 Å². The fourth-order valence-corrected chi connectivity index (χ4v) is 5.92. The Hall–Kier alpha value is -0.693. The van der Waals surface area contributed by atoms with Gasteiger partial charge in [0.25, 0.3) is 0 Å². The lowest BCUT2D eigenvalue weighted by Crippen LogP contribution is -2.51. The summed E-state index contributed by atoms with van der Waals surface area (Å²) in [5, 5.41) is 8.98. The van der Waals surface area contributed by atoms with Gasteiger partial charge in [0.15, 0.2) is 0 Å². The van der Waals surface area contributed by atoms with Crippen molar-refractivity contribution in [1.82, 2.24) is 0 Å². The molecule has 1 unspecified atom stereocenters. The van der Waals surface area contributed by atoms with E-state index in [1.807, 2.05) is 48.5 Å². The zero-order chi connectivity index (χ0) is 17.5. The van der Waals surface area contributed by atoms with E-state index in [1.165, 1.54) is 0 Å². The van der Waals surface area contributed by atoms with Crippen LogP contribution in [0.3, 0.4) is 0 Å². The molecule has 0 aromatic rings. The van der Waals surface area contributed by atoms with Gasteiger partial charge in [-0.15, -0.1) is 0 Å². The first kappa shape index (κ1) is 21.3. The van der Waals surface area contributed by atoms with Gasteiger partial charge >= 0.3 is 14.8 Å². The molecule has 0 bridgehead atoms. The summed E-state index contributed by atoms with van der Waals surface area (Å²) in [7, 11) is -2.88. The second-order valence-electron chi connectivity index (χ2n) is 6.60. The summed E-state index contributed by atoms with van der Waals surface area (Å²) in [4.78, 5) is 11.0. The largest absolute Gasteiger partial charge is 0.501 e. The summed E-state index contributed by atoms with van der Waals surface area (Å²) in [6.07, 6.45) is 0.353. The van der Waals surface area contributed by atoms with Gasteiger partial charge in [-0.25, -0.2) is 4.79 Å². The Balaban J connectivity index is 5.16. The number of hydrogen-bond donors (Lipinski definition) is 1. The highest BCUT2D eigenvalue weighted by atomic mass is 28.4. The van der Waals surface area contributed by atoms with Crippen molar-refractivity contribution >= 4 is 14.8 Å². The minimum atomic E-state index is -2.88. The minimum Gasteiger partial charge on any atom is -0.478 e. The molecule has 1 atom stereocenters. The van der Waals surface area contributed by atoms with Crippen LogP contribution in [-0.2, 0) is 18.1 Å². The van der Waals surface area contributed by atoms with E-state index in [4.69, 9.17) is 18.4 Å². The molecule has 0 aromatic carbocycles. The van der Waals surface area contributed by atoms with E-state index < -0.39 is 14.8 Å². The Morgan fingerprint density at radius 1 is 0.955 bits per heavy atom. The zero-order valence-electron chi connectivity index (χ0n) is 15.0. The third-order valence-corrected chi connectivity index (χ3v) is 6.43. The van der Waals surface area contributed by atoms with Crippen molar-refractivity contribution in [3.05, 3.63) is 12.2 Å². The number of rotatable bonds is 11. The van der Waals surface area contributed by atoms with Gasteiger partial charge < -0.3 is 18.4 Å². The molecular formula is C16H32O5Si. The first-order chi connectivity index (χ1) is 9.97. The zero-order valence-corrected chi connectivity index (χ0v) is 16.0. The molecule has 0 heterocycles. The lowest BCUT2D eigenvalue weighted by Gasteiger charge is -2.36. The van der Waals surface area contributed by atoms with Crippen LogP contribution in [-0.4, -0.2) is 38.2 Å². The Morgan fingerprint density at radius 2 is 1.32 bits per heavy atom. The highest BCUT2D eigenvalue weighted by Gasteiger charge is 2.45. The smallest absolute Gasteiger partial charge is 0.478 e. The molecule has 130 valence electrons. The molecule has 0 spiro atoms. The molecule has 0 saturated carbocycles. The average Bonchev–Trinajstić information content (AvgIpc) is 2.23. The van der Waals surface area contributed by atoms with Crippen molar-refractivity contribution in [1.29, 1.82) is 0 Å². The monoisotopic (exact) mass is 332 g/mol. The summed E-state index contributed by atoms with van der Waals surface area (Å²) in [6.45, 7) is 17.3. The van der Waals surface area contributed by atoms with E-state index in [2.05, 4.69) is 6.58 Å². The SMILES string of the molecule is C=C(CC(C)C[Si](OC(C)C)(OC(C)C)OC(C)C)C(=O)O. The van der Waals surface area contributed by atoms with Crippen LogP contribution in [0.25, 0.3) is 0 Å². The maximum atomic E-state index is 11.0. The maximum Gasteiger partial charge on any atom is 0.501 e. The molecule has 0 aliphatic carbocycles. The summed E-state index contributed by atoms with van der Waals surface area (Å²) in [5.74, 6) is -0.898. The van der Waals surface area contributed by atoms with Crippen LogP contribution in [0.4, 0.5) is 0 Å². The molecule has 0 aliphatic heterocycles. The molecule has 6 heteroatoms. The van der Waals surface area contributed by atoms with Gasteiger partial charge in [0.05, 0.1) is 0 Å². The van der Waals surface area contributed by atoms with Gasteiger partial charge in [-0.3, -0.25) is 0 Å². The van der Waals surface area contributed by atoms with Gasteiger partial charge in [-0.2, -0.15) is 0 Å². The molecule has 0 radical (unpaired) electrons. The Bertz CT molecular complexity index is 339. The Labute approximate surface area is 136 Å². The number of carboxylic acids is 1. The average molecular weight is 333 g/mol. The van der Waals surface area contributed by atoms with Crippen LogP contribution in [0.5, 0.6) is 0 Å². The van der Waals surface area contributed by atoms with E-state index >= 15 is 0 Å². The predicted molar refractivity (Wildman–Crippen MR) is 89.8 cm³/mol. The van der Waals surface area contributed by atoms with Gasteiger partial charge in [0.2, 0.25) is 0 Å². The van der Waals surface area contributed by atoms with Gasteiger partial charge in [0.1, 0.15) is 0 Å². The third-order valence-electron chi connectivity index (χ3n) is 2.74. The molecule has 5 nitrogen and oxygen atoms in total. The van der Waals surface area contributed by atoms with Crippen molar-refractivity contribution in [3.8, 4) is 0 Å². The van der Waals surface area contributed by atoms with E-state index in [9.17, 15) is 4.79 Å². The first-order valence-electron chi connectivity index (χ1n) is 7.92. The topological polar surface area (TPSA) is 65.0 Å². The van der Waals surface area contributed by atoms with Crippen molar-refractivity contribution in [2.75, 3.05) is 0 Å². The molecule has 0 saturated heterocycles.